The Bertz CT molecular complexity index is 164. The van der Waals surface area contributed by atoms with Gasteiger partial charge >= 0.3 is 0 Å². The monoisotopic (exact) mass is 186 g/mol. The van der Waals surface area contributed by atoms with E-state index in [4.69, 9.17) is 10.6 Å². The van der Waals surface area contributed by atoms with E-state index in [0.717, 1.165) is 18.4 Å². The van der Waals surface area contributed by atoms with Gasteiger partial charge in [-0.3, -0.25) is 11.3 Å². The van der Waals surface area contributed by atoms with Crippen molar-refractivity contribution in [3.8, 4) is 0 Å². The van der Waals surface area contributed by atoms with Gasteiger partial charge in [-0.1, -0.05) is 12.5 Å². The van der Waals surface area contributed by atoms with Crippen molar-refractivity contribution in [1.82, 2.24) is 5.43 Å². The fourth-order valence-corrected chi connectivity index (χ4v) is 1.33. The molecule has 2 unspecified atom stereocenters. The molecule has 0 saturated heterocycles. The standard InChI is InChI=1S/C10H22N2O/c1-6-10(4,13-5)9(12-11)7-8(2)3/h9,12H,2,6-7,11H2,1,3-5H3. The highest BCUT2D eigenvalue weighted by atomic mass is 16.5. The van der Waals surface area contributed by atoms with Gasteiger partial charge < -0.3 is 4.74 Å². The van der Waals surface area contributed by atoms with Crippen LogP contribution >= 0.6 is 0 Å². The highest BCUT2D eigenvalue weighted by Crippen LogP contribution is 2.22. The van der Waals surface area contributed by atoms with Crippen molar-refractivity contribution >= 4 is 0 Å². The smallest absolute Gasteiger partial charge is 0.0816 e. The Balaban J connectivity index is 4.42. The van der Waals surface area contributed by atoms with Gasteiger partial charge in [0.25, 0.3) is 0 Å². The van der Waals surface area contributed by atoms with Crippen molar-refractivity contribution in [3.63, 3.8) is 0 Å². The molecule has 3 N–H and O–H groups in total. The molecule has 13 heavy (non-hydrogen) atoms. The first-order chi connectivity index (χ1) is 6.00. The fourth-order valence-electron chi connectivity index (χ4n) is 1.33. The molecule has 78 valence electrons. The van der Waals surface area contributed by atoms with Crippen LogP contribution in [-0.2, 0) is 4.74 Å². The van der Waals surface area contributed by atoms with Gasteiger partial charge in [-0.15, -0.1) is 6.58 Å². The molecule has 3 nitrogen and oxygen atoms in total. The topological polar surface area (TPSA) is 47.3 Å². The van der Waals surface area contributed by atoms with Gasteiger partial charge in [-0.2, -0.15) is 0 Å². The normalized spacial score (nSPS) is 17.9. The second-order valence-electron chi connectivity index (χ2n) is 3.75. The summed E-state index contributed by atoms with van der Waals surface area (Å²) in [4.78, 5) is 0. The van der Waals surface area contributed by atoms with Gasteiger partial charge in [0.1, 0.15) is 0 Å². The fraction of sp³-hybridized carbons (Fsp3) is 0.800. The van der Waals surface area contributed by atoms with Gasteiger partial charge in [0.2, 0.25) is 0 Å². The van der Waals surface area contributed by atoms with Crippen LogP contribution < -0.4 is 11.3 Å². The SMILES string of the molecule is C=C(C)CC(NN)C(C)(CC)OC. The molecule has 0 fully saturated rings. The van der Waals surface area contributed by atoms with Crippen molar-refractivity contribution in [2.45, 2.75) is 45.3 Å². The molecule has 0 rings (SSSR count). The molecule has 0 aromatic carbocycles. The summed E-state index contributed by atoms with van der Waals surface area (Å²) >= 11 is 0. The summed E-state index contributed by atoms with van der Waals surface area (Å²) in [5.74, 6) is 5.49. The zero-order valence-electron chi connectivity index (χ0n) is 9.18. The van der Waals surface area contributed by atoms with Crippen molar-refractivity contribution < 1.29 is 4.74 Å². The Morgan fingerprint density at radius 3 is 2.46 bits per heavy atom. The average Bonchev–Trinajstić information content (AvgIpc) is 2.12. The first-order valence-corrected chi connectivity index (χ1v) is 4.65. The summed E-state index contributed by atoms with van der Waals surface area (Å²) in [6.07, 6.45) is 1.76. The lowest BCUT2D eigenvalue weighted by Gasteiger charge is -2.35. The second kappa shape index (κ2) is 5.37. The summed E-state index contributed by atoms with van der Waals surface area (Å²) < 4.78 is 5.46. The predicted molar refractivity (Wildman–Crippen MR) is 56.2 cm³/mol. The van der Waals surface area contributed by atoms with Gasteiger partial charge in [0.05, 0.1) is 11.6 Å². The lowest BCUT2D eigenvalue weighted by atomic mass is 9.89. The summed E-state index contributed by atoms with van der Waals surface area (Å²) in [5, 5.41) is 0. The third-order valence-electron chi connectivity index (χ3n) is 2.66. The maximum Gasteiger partial charge on any atom is 0.0816 e. The van der Waals surface area contributed by atoms with E-state index in [1.54, 1.807) is 7.11 Å². The minimum Gasteiger partial charge on any atom is -0.377 e. The number of nitrogens with two attached hydrogens (primary N) is 1. The molecule has 3 heteroatoms. The predicted octanol–water partition coefficient (Wildman–Crippen LogP) is 1.60. The quantitative estimate of drug-likeness (QED) is 0.376. The van der Waals surface area contributed by atoms with Crippen LogP contribution in [0.1, 0.15) is 33.6 Å². The van der Waals surface area contributed by atoms with Gasteiger partial charge in [-0.25, -0.2) is 0 Å². The summed E-state index contributed by atoms with van der Waals surface area (Å²) in [7, 11) is 1.71. The number of ether oxygens (including phenoxy) is 1. The zero-order valence-corrected chi connectivity index (χ0v) is 9.18. The molecular weight excluding hydrogens is 164 g/mol. The molecule has 0 aromatic rings. The number of methoxy groups -OCH3 is 1. The van der Waals surface area contributed by atoms with Crippen molar-refractivity contribution in [3.05, 3.63) is 12.2 Å². The lowest BCUT2D eigenvalue weighted by molar-refractivity contribution is -0.0287. The van der Waals surface area contributed by atoms with Crippen LogP contribution in [0.3, 0.4) is 0 Å². The van der Waals surface area contributed by atoms with E-state index in [1.807, 2.05) is 6.92 Å². The molecule has 0 amide bonds. The van der Waals surface area contributed by atoms with E-state index in [-0.39, 0.29) is 11.6 Å². The first kappa shape index (κ1) is 12.6. The van der Waals surface area contributed by atoms with Crippen molar-refractivity contribution in [2.24, 2.45) is 5.84 Å². The summed E-state index contributed by atoms with van der Waals surface area (Å²) in [6.45, 7) is 10.0. The first-order valence-electron chi connectivity index (χ1n) is 4.65. The van der Waals surface area contributed by atoms with E-state index in [1.165, 1.54) is 0 Å². The maximum absolute atomic E-state index is 5.49. The molecule has 0 aliphatic rings. The Morgan fingerprint density at radius 1 is 1.69 bits per heavy atom. The third kappa shape index (κ3) is 3.46. The molecule has 0 aromatic heterocycles. The summed E-state index contributed by atoms with van der Waals surface area (Å²) in [5.41, 5.74) is 3.69. The number of nitrogens with one attached hydrogen (secondary N) is 1. The van der Waals surface area contributed by atoms with E-state index in [9.17, 15) is 0 Å². The van der Waals surface area contributed by atoms with Crippen LogP contribution in [0.4, 0.5) is 0 Å². The highest BCUT2D eigenvalue weighted by Gasteiger charge is 2.31. The lowest BCUT2D eigenvalue weighted by Crippen LogP contribution is -2.52. The maximum atomic E-state index is 5.49. The molecule has 0 aliphatic carbocycles. The Hall–Kier alpha value is -0.380. The average molecular weight is 186 g/mol. The molecule has 0 heterocycles. The zero-order chi connectivity index (χ0) is 10.5. The van der Waals surface area contributed by atoms with Crippen LogP contribution in [0.15, 0.2) is 12.2 Å². The van der Waals surface area contributed by atoms with E-state index in [2.05, 4.69) is 25.9 Å². The Kier molecular flexibility index (Phi) is 5.21. The second-order valence-corrected chi connectivity index (χ2v) is 3.75. The minimum atomic E-state index is -0.215. The molecule has 2 atom stereocenters. The summed E-state index contributed by atoms with van der Waals surface area (Å²) in [6, 6.07) is 0.125. The van der Waals surface area contributed by atoms with Gasteiger partial charge in [0.15, 0.2) is 0 Å². The Morgan fingerprint density at radius 2 is 2.23 bits per heavy atom. The van der Waals surface area contributed by atoms with Crippen LogP contribution in [0, 0.1) is 0 Å². The number of rotatable bonds is 6. The number of hydrogen-bond donors (Lipinski definition) is 2. The van der Waals surface area contributed by atoms with Gasteiger partial charge in [-0.05, 0) is 26.7 Å². The number of hydrazine groups is 1. The molecule has 0 saturated carbocycles. The highest BCUT2D eigenvalue weighted by molar-refractivity contribution is 4.99. The van der Waals surface area contributed by atoms with Gasteiger partial charge in [0, 0.05) is 7.11 Å². The largest absolute Gasteiger partial charge is 0.377 e. The number of hydrogen-bond acceptors (Lipinski definition) is 3. The van der Waals surface area contributed by atoms with E-state index >= 15 is 0 Å². The Labute approximate surface area is 81.3 Å². The van der Waals surface area contributed by atoms with Crippen LogP contribution in [0.2, 0.25) is 0 Å². The molecule has 0 bridgehead atoms. The van der Waals surface area contributed by atoms with E-state index in [0.29, 0.717) is 0 Å². The van der Waals surface area contributed by atoms with Crippen molar-refractivity contribution in [1.29, 1.82) is 0 Å². The molecule has 0 radical (unpaired) electrons. The third-order valence-corrected chi connectivity index (χ3v) is 2.66. The van der Waals surface area contributed by atoms with Crippen LogP contribution in [-0.4, -0.2) is 18.8 Å². The minimum absolute atomic E-state index is 0.125. The van der Waals surface area contributed by atoms with Crippen molar-refractivity contribution in [2.75, 3.05) is 7.11 Å². The van der Waals surface area contributed by atoms with Crippen LogP contribution in [0.5, 0.6) is 0 Å². The van der Waals surface area contributed by atoms with Crippen LogP contribution in [0.25, 0.3) is 0 Å². The molecule has 0 spiro atoms. The molecule has 0 aliphatic heterocycles. The van der Waals surface area contributed by atoms with E-state index < -0.39 is 0 Å². The molecular formula is C10H22N2O.